The maximum absolute atomic E-state index is 12.4. The van der Waals surface area contributed by atoms with Gasteiger partial charge in [-0.3, -0.25) is 9.59 Å². The number of methoxy groups -OCH3 is 1. The summed E-state index contributed by atoms with van der Waals surface area (Å²) in [6, 6.07) is 14.2. The van der Waals surface area contributed by atoms with Crippen LogP contribution in [0, 0.1) is 0 Å². The fourth-order valence-corrected chi connectivity index (χ4v) is 3.25. The molecule has 1 aromatic heterocycles. The largest absolute Gasteiger partial charge is 0.494 e. The summed E-state index contributed by atoms with van der Waals surface area (Å²) >= 11 is 12.1. The van der Waals surface area contributed by atoms with Crippen molar-refractivity contribution in [3.8, 4) is 11.4 Å². The molecule has 0 aliphatic rings. The Hall–Kier alpha value is -2.96. The molecule has 2 amide bonds. The second kappa shape index (κ2) is 9.49. The molecule has 0 bridgehead atoms. The van der Waals surface area contributed by atoms with Gasteiger partial charge in [-0.15, -0.1) is 0 Å². The Morgan fingerprint density at radius 3 is 2.10 bits per heavy atom. The summed E-state index contributed by atoms with van der Waals surface area (Å²) in [5.41, 5.74) is 1.66. The van der Waals surface area contributed by atoms with Gasteiger partial charge in [0, 0.05) is 36.7 Å². The van der Waals surface area contributed by atoms with Crippen molar-refractivity contribution in [3.63, 3.8) is 0 Å². The number of rotatable bonds is 7. The number of hydrogen-bond donors (Lipinski definition) is 2. The minimum atomic E-state index is -0.431. The first-order chi connectivity index (χ1) is 14.0. The van der Waals surface area contributed by atoms with E-state index >= 15 is 0 Å². The summed E-state index contributed by atoms with van der Waals surface area (Å²) in [5.74, 6) is -0.445. The van der Waals surface area contributed by atoms with E-state index in [1.165, 1.54) is 13.2 Å². The molecule has 150 valence electrons. The zero-order valence-corrected chi connectivity index (χ0v) is 17.1. The van der Waals surface area contributed by atoms with Crippen LogP contribution in [0.25, 0.3) is 5.69 Å². The number of carbonyl (C=O) groups is 2. The summed E-state index contributed by atoms with van der Waals surface area (Å²) < 4.78 is 7.12. The van der Waals surface area contributed by atoms with Crippen LogP contribution >= 0.6 is 23.2 Å². The third-order valence-corrected chi connectivity index (χ3v) is 4.83. The van der Waals surface area contributed by atoms with Crippen molar-refractivity contribution in [2.45, 2.75) is 0 Å². The van der Waals surface area contributed by atoms with Crippen molar-refractivity contribution in [1.82, 2.24) is 15.2 Å². The van der Waals surface area contributed by atoms with Gasteiger partial charge in [0.15, 0.2) is 5.75 Å². The first-order valence-corrected chi connectivity index (χ1v) is 9.58. The molecule has 0 atom stereocenters. The van der Waals surface area contributed by atoms with Crippen LogP contribution in [0.15, 0.2) is 60.9 Å². The molecule has 0 saturated carbocycles. The molecule has 8 heteroatoms. The van der Waals surface area contributed by atoms with Crippen LogP contribution in [0.3, 0.4) is 0 Å². The number of halogens is 2. The Bertz CT molecular complexity index is 1000. The summed E-state index contributed by atoms with van der Waals surface area (Å²) in [7, 11) is 1.41. The van der Waals surface area contributed by atoms with Crippen LogP contribution in [0.4, 0.5) is 0 Å². The molecule has 0 spiro atoms. The van der Waals surface area contributed by atoms with Gasteiger partial charge >= 0.3 is 0 Å². The Morgan fingerprint density at radius 2 is 1.48 bits per heavy atom. The first-order valence-electron chi connectivity index (χ1n) is 8.83. The summed E-state index contributed by atoms with van der Waals surface area (Å²) in [6.07, 6.45) is 3.86. The molecule has 2 aromatic carbocycles. The standard InChI is InChI=1S/C21H19Cl2N3O3/c1-29-19-17(23)9-8-16(22)18(19)21(28)25-11-10-24-20(27)14-4-6-15(7-5-14)26-12-2-3-13-26/h2-9,12-13H,10-11H2,1H3,(H,24,27)(H,25,28). The molecule has 29 heavy (non-hydrogen) atoms. The lowest BCUT2D eigenvalue weighted by Crippen LogP contribution is -2.35. The Balaban J connectivity index is 1.52. The number of carbonyl (C=O) groups excluding carboxylic acids is 2. The second-order valence-electron chi connectivity index (χ2n) is 6.09. The van der Waals surface area contributed by atoms with Gasteiger partial charge in [0.2, 0.25) is 0 Å². The number of aromatic nitrogens is 1. The summed E-state index contributed by atoms with van der Waals surface area (Å²) in [6.45, 7) is 0.475. The molecule has 0 saturated heterocycles. The number of nitrogens with one attached hydrogen (secondary N) is 2. The number of hydrogen-bond acceptors (Lipinski definition) is 3. The highest BCUT2D eigenvalue weighted by Crippen LogP contribution is 2.33. The SMILES string of the molecule is COc1c(Cl)ccc(Cl)c1C(=O)NCCNC(=O)c1ccc(-n2cccc2)cc1. The topological polar surface area (TPSA) is 72.4 Å². The predicted octanol–water partition coefficient (Wildman–Crippen LogP) is 3.95. The van der Waals surface area contributed by atoms with Gasteiger partial charge in [0.05, 0.1) is 17.2 Å². The smallest absolute Gasteiger partial charge is 0.256 e. The summed E-state index contributed by atoms with van der Waals surface area (Å²) in [4.78, 5) is 24.7. The van der Waals surface area contributed by atoms with Crippen LogP contribution in [0.5, 0.6) is 5.75 Å². The van der Waals surface area contributed by atoms with E-state index in [2.05, 4.69) is 10.6 Å². The Morgan fingerprint density at radius 1 is 0.897 bits per heavy atom. The van der Waals surface area contributed by atoms with E-state index in [1.807, 2.05) is 41.2 Å². The highest BCUT2D eigenvalue weighted by Gasteiger charge is 2.19. The lowest BCUT2D eigenvalue weighted by atomic mass is 10.2. The molecule has 0 fully saturated rings. The minimum absolute atomic E-state index is 0.161. The van der Waals surface area contributed by atoms with Gasteiger partial charge in [-0.25, -0.2) is 0 Å². The zero-order chi connectivity index (χ0) is 20.8. The molecule has 2 N–H and O–H groups in total. The zero-order valence-electron chi connectivity index (χ0n) is 15.6. The minimum Gasteiger partial charge on any atom is -0.494 e. The fraction of sp³-hybridized carbons (Fsp3) is 0.143. The van der Waals surface area contributed by atoms with Crippen LogP contribution < -0.4 is 15.4 Å². The molecule has 0 aliphatic carbocycles. The van der Waals surface area contributed by atoms with E-state index < -0.39 is 5.91 Å². The van der Waals surface area contributed by atoms with Crippen molar-refractivity contribution in [3.05, 3.63) is 82.1 Å². The number of ether oxygens (including phenoxy) is 1. The molecular weight excluding hydrogens is 413 g/mol. The molecule has 0 unspecified atom stereocenters. The van der Waals surface area contributed by atoms with Gasteiger partial charge in [0.25, 0.3) is 11.8 Å². The van der Waals surface area contributed by atoms with Crippen molar-refractivity contribution in [2.24, 2.45) is 0 Å². The van der Waals surface area contributed by atoms with E-state index in [4.69, 9.17) is 27.9 Å². The van der Waals surface area contributed by atoms with Crippen molar-refractivity contribution in [1.29, 1.82) is 0 Å². The highest BCUT2D eigenvalue weighted by molar-refractivity contribution is 6.37. The van der Waals surface area contributed by atoms with Crippen molar-refractivity contribution in [2.75, 3.05) is 20.2 Å². The normalized spacial score (nSPS) is 10.4. The monoisotopic (exact) mass is 431 g/mol. The van der Waals surface area contributed by atoms with Gasteiger partial charge in [-0.2, -0.15) is 0 Å². The third-order valence-electron chi connectivity index (χ3n) is 4.22. The lowest BCUT2D eigenvalue weighted by molar-refractivity contribution is 0.0926. The van der Waals surface area contributed by atoms with E-state index in [-0.39, 0.29) is 35.3 Å². The van der Waals surface area contributed by atoms with E-state index in [0.717, 1.165) is 5.69 Å². The van der Waals surface area contributed by atoms with Crippen LogP contribution in [-0.2, 0) is 0 Å². The van der Waals surface area contributed by atoms with Gasteiger partial charge in [-0.05, 0) is 48.5 Å². The first kappa shape index (κ1) is 20.8. The van der Waals surface area contributed by atoms with Crippen molar-refractivity contribution >= 4 is 35.0 Å². The lowest BCUT2D eigenvalue weighted by Gasteiger charge is -2.12. The van der Waals surface area contributed by atoms with E-state index in [1.54, 1.807) is 18.2 Å². The number of nitrogens with zero attached hydrogens (tertiary/aromatic N) is 1. The molecular formula is C21H19Cl2N3O3. The molecule has 1 heterocycles. The maximum Gasteiger partial charge on any atom is 0.256 e. The average molecular weight is 432 g/mol. The van der Waals surface area contributed by atoms with Crippen LogP contribution in [-0.4, -0.2) is 36.6 Å². The van der Waals surface area contributed by atoms with Crippen LogP contribution in [0.2, 0.25) is 10.0 Å². The highest BCUT2D eigenvalue weighted by atomic mass is 35.5. The maximum atomic E-state index is 12.4. The molecule has 0 aliphatic heterocycles. The number of amides is 2. The Kier molecular flexibility index (Phi) is 6.80. The van der Waals surface area contributed by atoms with Crippen molar-refractivity contribution < 1.29 is 14.3 Å². The average Bonchev–Trinajstić information content (AvgIpc) is 3.27. The Labute approximate surface area is 178 Å². The third kappa shape index (κ3) is 4.91. The van der Waals surface area contributed by atoms with Crippen LogP contribution in [0.1, 0.15) is 20.7 Å². The van der Waals surface area contributed by atoms with Gasteiger partial charge < -0.3 is 19.9 Å². The van der Waals surface area contributed by atoms with E-state index in [0.29, 0.717) is 10.6 Å². The molecule has 6 nitrogen and oxygen atoms in total. The molecule has 3 aromatic rings. The fourth-order valence-electron chi connectivity index (χ4n) is 2.78. The quantitative estimate of drug-likeness (QED) is 0.556. The van der Waals surface area contributed by atoms with Gasteiger partial charge in [0.1, 0.15) is 5.56 Å². The summed E-state index contributed by atoms with van der Waals surface area (Å²) in [5, 5.41) is 5.98. The number of benzene rings is 2. The second-order valence-corrected chi connectivity index (χ2v) is 6.90. The van der Waals surface area contributed by atoms with Gasteiger partial charge in [-0.1, -0.05) is 23.2 Å². The molecule has 0 radical (unpaired) electrons. The molecule has 3 rings (SSSR count). The predicted molar refractivity (Wildman–Crippen MR) is 113 cm³/mol. The van der Waals surface area contributed by atoms with E-state index in [9.17, 15) is 9.59 Å².